The fraction of sp³-hybridized carbons (Fsp3) is 0.619. The fourth-order valence-corrected chi connectivity index (χ4v) is 3.83. The molecule has 148 valence electrons. The Morgan fingerprint density at radius 1 is 1.07 bits per heavy atom. The van der Waals surface area contributed by atoms with Crippen LogP contribution in [-0.2, 0) is 9.59 Å². The van der Waals surface area contributed by atoms with Crippen molar-refractivity contribution in [2.75, 3.05) is 26.2 Å². The van der Waals surface area contributed by atoms with Crippen LogP contribution in [-0.4, -0.2) is 49.1 Å². The molecule has 2 amide bonds. The van der Waals surface area contributed by atoms with Crippen molar-refractivity contribution in [1.29, 1.82) is 0 Å². The predicted octanol–water partition coefficient (Wildman–Crippen LogP) is 2.76. The molecule has 1 heterocycles. The Morgan fingerprint density at radius 2 is 1.74 bits per heavy atom. The van der Waals surface area contributed by atoms with E-state index in [9.17, 15) is 9.59 Å². The summed E-state index contributed by atoms with van der Waals surface area (Å²) in [5.41, 5.74) is 0. The molecule has 0 aromatic heterocycles. The number of hydrogen-bond acceptors (Lipinski definition) is 4. The first kappa shape index (κ1) is 19.5. The van der Waals surface area contributed by atoms with E-state index in [1.807, 2.05) is 36.1 Å². The molecule has 27 heavy (non-hydrogen) atoms. The van der Waals surface area contributed by atoms with E-state index in [4.69, 9.17) is 9.47 Å². The number of ether oxygens (including phenoxy) is 2. The van der Waals surface area contributed by atoms with Crippen LogP contribution in [0.15, 0.2) is 24.3 Å². The molecule has 1 aromatic carbocycles. The molecule has 6 heteroatoms. The molecule has 0 spiro atoms. The van der Waals surface area contributed by atoms with Gasteiger partial charge in [-0.2, -0.15) is 0 Å². The zero-order chi connectivity index (χ0) is 19.1. The van der Waals surface area contributed by atoms with Crippen molar-refractivity contribution < 1.29 is 19.1 Å². The monoisotopic (exact) mass is 374 g/mol. The first-order valence-electron chi connectivity index (χ1n) is 10.1. The number of piperidine rings is 1. The van der Waals surface area contributed by atoms with E-state index in [1.165, 1.54) is 0 Å². The minimum absolute atomic E-state index is 0.00508. The molecule has 0 radical (unpaired) electrons. The molecule has 1 aliphatic carbocycles. The van der Waals surface area contributed by atoms with E-state index in [0.29, 0.717) is 19.7 Å². The van der Waals surface area contributed by atoms with Gasteiger partial charge in [0.1, 0.15) is 6.10 Å². The Kier molecular flexibility index (Phi) is 6.96. The van der Waals surface area contributed by atoms with Gasteiger partial charge in [0.05, 0.1) is 13.2 Å². The maximum atomic E-state index is 12.4. The van der Waals surface area contributed by atoms with E-state index in [-0.39, 0.29) is 30.4 Å². The van der Waals surface area contributed by atoms with Crippen molar-refractivity contribution in [2.24, 2.45) is 5.92 Å². The quantitative estimate of drug-likeness (QED) is 0.797. The van der Waals surface area contributed by atoms with E-state index in [2.05, 4.69) is 5.32 Å². The molecule has 3 rings (SSSR count). The molecule has 2 aliphatic rings. The highest BCUT2D eigenvalue weighted by Gasteiger charge is 2.26. The summed E-state index contributed by atoms with van der Waals surface area (Å²) in [6, 6.07) is 7.69. The molecule has 1 aliphatic heterocycles. The highest BCUT2D eigenvalue weighted by molar-refractivity contribution is 5.86. The summed E-state index contributed by atoms with van der Waals surface area (Å²) in [6.45, 7) is 3.96. The third-order valence-electron chi connectivity index (χ3n) is 5.38. The van der Waals surface area contributed by atoms with Crippen LogP contribution in [0.4, 0.5) is 0 Å². The second-order valence-corrected chi connectivity index (χ2v) is 7.28. The van der Waals surface area contributed by atoms with Crippen LogP contribution in [0.2, 0.25) is 0 Å². The maximum absolute atomic E-state index is 12.4. The van der Waals surface area contributed by atoms with Crippen LogP contribution >= 0.6 is 0 Å². The normalized spacial score (nSPS) is 18.3. The second kappa shape index (κ2) is 9.62. The van der Waals surface area contributed by atoms with Crippen LogP contribution in [0.1, 0.15) is 45.4 Å². The van der Waals surface area contributed by atoms with E-state index in [1.54, 1.807) is 0 Å². The highest BCUT2D eigenvalue weighted by atomic mass is 16.5. The third-order valence-corrected chi connectivity index (χ3v) is 5.38. The summed E-state index contributed by atoms with van der Waals surface area (Å²) < 4.78 is 11.7. The maximum Gasteiger partial charge on any atom is 0.241 e. The van der Waals surface area contributed by atoms with Gasteiger partial charge in [-0.25, -0.2) is 0 Å². The molecule has 2 fully saturated rings. The minimum atomic E-state index is -0.00508. The topological polar surface area (TPSA) is 67.9 Å². The number of likely N-dealkylation sites (tertiary alicyclic amines) is 1. The van der Waals surface area contributed by atoms with Crippen molar-refractivity contribution in [3.05, 3.63) is 24.3 Å². The number of para-hydroxylation sites is 2. The number of nitrogens with one attached hydrogen (secondary N) is 1. The molecule has 6 nitrogen and oxygen atoms in total. The molecular weight excluding hydrogens is 344 g/mol. The summed E-state index contributed by atoms with van der Waals surface area (Å²) >= 11 is 0. The van der Waals surface area contributed by atoms with Crippen LogP contribution in [0.25, 0.3) is 0 Å². The lowest BCUT2D eigenvalue weighted by atomic mass is 10.1. The standard InChI is InChI=1S/C21H30N2O4/c1-2-26-18-9-5-6-10-19(18)27-17-11-13-23(14-12-17)20(24)15-22-21(25)16-7-3-4-8-16/h5-6,9-10,16-17H,2-4,7-8,11-15H2,1H3,(H,22,25). The highest BCUT2D eigenvalue weighted by Crippen LogP contribution is 2.29. The van der Waals surface area contributed by atoms with Gasteiger partial charge in [0.25, 0.3) is 0 Å². The Morgan fingerprint density at radius 3 is 2.41 bits per heavy atom. The predicted molar refractivity (Wildman–Crippen MR) is 103 cm³/mol. The van der Waals surface area contributed by atoms with Crippen LogP contribution < -0.4 is 14.8 Å². The largest absolute Gasteiger partial charge is 0.490 e. The average molecular weight is 374 g/mol. The van der Waals surface area contributed by atoms with Crippen LogP contribution in [0, 0.1) is 5.92 Å². The average Bonchev–Trinajstić information content (AvgIpc) is 3.23. The van der Waals surface area contributed by atoms with Gasteiger partial charge in [-0.15, -0.1) is 0 Å². The van der Waals surface area contributed by atoms with Gasteiger partial charge in [-0.1, -0.05) is 25.0 Å². The number of benzene rings is 1. The number of rotatable bonds is 7. The summed E-state index contributed by atoms with van der Waals surface area (Å²) in [5.74, 6) is 1.64. The SMILES string of the molecule is CCOc1ccccc1OC1CCN(C(=O)CNC(=O)C2CCCC2)CC1. The zero-order valence-corrected chi connectivity index (χ0v) is 16.1. The Hall–Kier alpha value is -2.24. The second-order valence-electron chi connectivity index (χ2n) is 7.28. The smallest absolute Gasteiger partial charge is 0.241 e. The van der Waals surface area contributed by atoms with Crippen molar-refractivity contribution in [3.8, 4) is 11.5 Å². The molecule has 1 N–H and O–H groups in total. The Balaban J connectivity index is 1.42. The van der Waals surface area contributed by atoms with E-state index >= 15 is 0 Å². The van der Waals surface area contributed by atoms with Gasteiger partial charge in [0.15, 0.2) is 11.5 Å². The van der Waals surface area contributed by atoms with Crippen molar-refractivity contribution in [2.45, 2.75) is 51.6 Å². The zero-order valence-electron chi connectivity index (χ0n) is 16.1. The molecule has 0 bridgehead atoms. The Bertz CT molecular complexity index is 635. The Labute approximate surface area is 161 Å². The number of nitrogens with zero attached hydrogens (tertiary/aromatic N) is 1. The molecule has 0 unspecified atom stereocenters. The van der Waals surface area contributed by atoms with Crippen molar-refractivity contribution in [3.63, 3.8) is 0 Å². The molecule has 1 saturated heterocycles. The number of carbonyl (C=O) groups excluding carboxylic acids is 2. The van der Waals surface area contributed by atoms with Crippen molar-refractivity contribution in [1.82, 2.24) is 10.2 Å². The van der Waals surface area contributed by atoms with Crippen molar-refractivity contribution >= 4 is 11.8 Å². The lowest BCUT2D eigenvalue weighted by Crippen LogP contribution is -2.46. The molecule has 1 aromatic rings. The number of hydrogen-bond donors (Lipinski definition) is 1. The van der Waals surface area contributed by atoms with Crippen LogP contribution in [0.5, 0.6) is 11.5 Å². The van der Waals surface area contributed by atoms with Gasteiger partial charge in [0, 0.05) is 31.8 Å². The summed E-state index contributed by atoms with van der Waals surface area (Å²) in [5, 5.41) is 2.82. The van der Waals surface area contributed by atoms with Gasteiger partial charge >= 0.3 is 0 Å². The first-order chi connectivity index (χ1) is 13.2. The van der Waals surface area contributed by atoms with Gasteiger partial charge < -0.3 is 19.7 Å². The van der Waals surface area contributed by atoms with E-state index in [0.717, 1.165) is 50.0 Å². The third kappa shape index (κ3) is 5.37. The van der Waals surface area contributed by atoms with Gasteiger partial charge in [-0.3, -0.25) is 9.59 Å². The van der Waals surface area contributed by atoms with Gasteiger partial charge in [0.2, 0.25) is 11.8 Å². The number of amides is 2. The molecular formula is C21H30N2O4. The van der Waals surface area contributed by atoms with Gasteiger partial charge in [-0.05, 0) is 31.9 Å². The summed E-state index contributed by atoms with van der Waals surface area (Å²) in [7, 11) is 0. The van der Waals surface area contributed by atoms with Crippen LogP contribution in [0.3, 0.4) is 0 Å². The molecule has 1 saturated carbocycles. The molecule has 0 atom stereocenters. The fourth-order valence-electron chi connectivity index (χ4n) is 3.83. The lowest BCUT2D eigenvalue weighted by molar-refractivity contribution is -0.135. The van der Waals surface area contributed by atoms with E-state index < -0.39 is 0 Å². The summed E-state index contributed by atoms with van der Waals surface area (Å²) in [4.78, 5) is 26.3. The summed E-state index contributed by atoms with van der Waals surface area (Å²) in [6.07, 6.45) is 5.77. The minimum Gasteiger partial charge on any atom is -0.490 e. The number of carbonyl (C=O) groups is 2. The lowest BCUT2D eigenvalue weighted by Gasteiger charge is -2.32. The first-order valence-corrected chi connectivity index (χ1v) is 10.1.